The molecule has 7 heteroatoms. The average Bonchev–Trinajstić information content (AvgIpc) is 2.45. The van der Waals surface area contributed by atoms with Crippen molar-refractivity contribution >= 4 is 17.8 Å². The SMILES string of the molecule is CCOC(=O)[C@@H]1CCCN(CC(=O)NCC(=O)NC(C)C)C1. The number of carbonyl (C=O) groups is 3. The highest BCUT2D eigenvalue weighted by Crippen LogP contribution is 2.17. The van der Waals surface area contributed by atoms with Crippen molar-refractivity contribution in [1.29, 1.82) is 0 Å². The largest absolute Gasteiger partial charge is 0.466 e. The molecule has 0 bridgehead atoms. The minimum absolute atomic E-state index is 0.0217. The van der Waals surface area contributed by atoms with E-state index in [1.807, 2.05) is 18.7 Å². The first-order valence-corrected chi connectivity index (χ1v) is 7.87. The van der Waals surface area contributed by atoms with Gasteiger partial charge in [0.25, 0.3) is 0 Å². The van der Waals surface area contributed by atoms with Crippen LogP contribution in [0.15, 0.2) is 0 Å². The molecule has 1 atom stereocenters. The first-order valence-electron chi connectivity index (χ1n) is 7.87. The molecule has 0 aliphatic carbocycles. The van der Waals surface area contributed by atoms with Crippen LogP contribution in [0.5, 0.6) is 0 Å². The van der Waals surface area contributed by atoms with E-state index in [1.165, 1.54) is 0 Å². The molecule has 0 radical (unpaired) electrons. The van der Waals surface area contributed by atoms with Gasteiger partial charge < -0.3 is 15.4 Å². The summed E-state index contributed by atoms with van der Waals surface area (Å²) in [6, 6.07) is 0.0526. The Bertz CT molecular complexity index is 398. The number of likely N-dealkylation sites (tertiary alicyclic amines) is 1. The minimum Gasteiger partial charge on any atom is -0.466 e. The van der Waals surface area contributed by atoms with E-state index in [9.17, 15) is 14.4 Å². The number of esters is 1. The van der Waals surface area contributed by atoms with E-state index >= 15 is 0 Å². The monoisotopic (exact) mass is 313 g/mol. The molecule has 0 aromatic carbocycles. The molecule has 22 heavy (non-hydrogen) atoms. The molecule has 1 rings (SSSR count). The summed E-state index contributed by atoms with van der Waals surface area (Å²) in [7, 11) is 0. The summed E-state index contributed by atoms with van der Waals surface area (Å²) in [6.45, 7) is 7.38. The highest BCUT2D eigenvalue weighted by Gasteiger charge is 2.27. The second-order valence-corrected chi connectivity index (χ2v) is 5.83. The van der Waals surface area contributed by atoms with Gasteiger partial charge in [-0.3, -0.25) is 19.3 Å². The standard InChI is InChI=1S/C15H27N3O4/c1-4-22-15(21)12-6-5-7-18(9-12)10-14(20)16-8-13(19)17-11(2)3/h11-12H,4-10H2,1-3H3,(H,16,20)(H,17,19)/t12-/m1/s1. The van der Waals surface area contributed by atoms with Gasteiger partial charge in [0.2, 0.25) is 11.8 Å². The van der Waals surface area contributed by atoms with Crippen LogP contribution in [0.2, 0.25) is 0 Å². The fourth-order valence-electron chi connectivity index (χ4n) is 2.46. The van der Waals surface area contributed by atoms with Gasteiger partial charge in [0.15, 0.2) is 0 Å². The minimum atomic E-state index is -0.205. The van der Waals surface area contributed by atoms with Crippen LogP contribution in [-0.4, -0.2) is 61.5 Å². The highest BCUT2D eigenvalue weighted by molar-refractivity contribution is 5.85. The summed E-state index contributed by atoms with van der Waals surface area (Å²) < 4.78 is 5.03. The first-order chi connectivity index (χ1) is 10.4. The molecule has 126 valence electrons. The van der Waals surface area contributed by atoms with Crippen molar-refractivity contribution in [3.63, 3.8) is 0 Å². The van der Waals surface area contributed by atoms with Crippen LogP contribution >= 0.6 is 0 Å². The molecule has 2 N–H and O–H groups in total. The summed E-state index contributed by atoms with van der Waals surface area (Å²) >= 11 is 0. The van der Waals surface area contributed by atoms with E-state index in [0.717, 1.165) is 19.4 Å². The van der Waals surface area contributed by atoms with Gasteiger partial charge >= 0.3 is 5.97 Å². The Balaban J connectivity index is 2.31. The quantitative estimate of drug-likeness (QED) is 0.641. The Kier molecular flexibility index (Phi) is 7.87. The molecule has 0 unspecified atom stereocenters. The lowest BCUT2D eigenvalue weighted by Gasteiger charge is -2.30. The highest BCUT2D eigenvalue weighted by atomic mass is 16.5. The van der Waals surface area contributed by atoms with Gasteiger partial charge in [0, 0.05) is 12.6 Å². The number of hydrogen-bond donors (Lipinski definition) is 2. The summed E-state index contributed by atoms with van der Waals surface area (Å²) in [6.07, 6.45) is 1.67. The van der Waals surface area contributed by atoms with E-state index < -0.39 is 0 Å². The van der Waals surface area contributed by atoms with Gasteiger partial charge in [-0.1, -0.05) is 0 Å². The maximum Gasteiger partial charge on any atom is 0.310 e. The summed E-state index contributed by atoms with van der Waals surface area (Å²) in [5, 5.41) is 5.30. The molecule has 2 amide bonds. The number of amides is 2. The number of nitrogens with zero attached hydrogens (tertiary/aromatic N) is 1. The lowest BCUT2D eigenvalue weighted by Crippen LogP contribution is -2.46. The molecule has 1 saturated heterocycles. The predicted octanol–water partition coefficient (Wildman–Crippen LogP) is -0.0977. The van der Waals surface area contributed by atoms with Crippen LogP contribution in [0.4, 0.5) is 0 Å². The maximum absolute atomic E-state index is 11.9. The van der Waals surface area contributed by atoms with E-state index in [-0.39, 0.29) is 42.8 Å². The fourth-order valence-corrected chi connectivity index (χ4v) is 2.46. The number of rotatable bonds is 7. The van der Waals surface area contributed by atoms with E-state index in [0.29, 0.717) is 13.2 Å². The molecule has 0 aromatic heterocycles. The van der Waals surface area contributed by atoms with Gasteiger partial charge in [-0.05, 0) is 40.2 Å². The molecule has 0 spiro atoms. The van der Waals surface area contributed by atoms with Crippen molar-refractivity contribution < 1.29 is 19.1 Å². The Morgan fingerprint density at radius 1 is 1.27 bits per heavy atom. The number of ether oxygens (including phenoxy) is 1. The normalized spacial score (nSPS) is 18.8. The van der Waals surface area contributed by atoms with Gasteiger partial charge in [-0.25, -0.2) is 0 Å². The molecular weight excluding hydrogens is 286 g/mol. The summed E-state index contributed by atoms with van der Waals surface area (Å²) in [5.74, 6) is -0.760. The van der Waals surface area contributed by atoms with Crippen molar-refractivity contribution in [2.75, 3.05) is 32.8 Å². The fraction of sp³-hybridized carbons (Fsp3) is 0.800. The molecular formula is C15H27N3O4. The van der Waals surface area contributed by atoms with Crippen LogP contribution in [0.25, 0.3) is 0 Å². The van der Waals surface area contributed by atoms with E-state index in [4.69, 9.17) is 4.74 Å². The molecule has 0 aromatic rings. The van der Waals surface area contributed by atoms with Crippen LogP contribution in [0, 0.1) is 5.92 Å². The predicted molar refractivity (Wildman–Crippen MR) is 82.1 cm³/mol. The van der Waals surface area contributed by atoms with Gasteiger partial charge in [0.05, 0.1) is 25.6 Å². The van der Waals surface area contributed by atoms with E-state index in [1.54, 1.807) is 6.92 Å². The van der Waals surface area contributed by atoms with Crippen molar-refractivity contribution in [3.8, 4) is 0 Å². The lowest BCUT2D eigenvalue weighted by atomic mass is 9.98. The molecule has 0 saturated carbocycles. The zero-order chi connectivity index (χ0) is 16.5. The second kappa shape index (κ2) is 9.40. The topological polar surface area (TPSA) is 87.7 Å². The Morgan fingerprint density at radius 3 is 2.64 bits per heavy atom. The van der Waals surface area contributed by atoms with Crippen molar-refractivity contribution in [2.24, 2.45) is 5.92 Å². The Hall–Kier alpha value is -1.63. The first kappa shape index (κ1) is 18.4. The summed E-state index contributed by atoms with van der Waals surface area (Å²) in [4.78, 5) is 37.0. The van der Waals surface area contributed by atoms with Crippen molar-refractivity contribution in [3.05, 3.63) is 0 Å². The molecule has 7 nitrogen and oxygen atoms in total. The van der Waals surface area contributed by atoms with Gasteiger partial charge in [0.1, 0.15) is 0 Å². The van der Waals surface area contributed by atoms with Crippen LogP contribution < -0.4 is 10.6 Å². The molecule has 1 aliphatic rings. The van der Waals surface area contributed by atoms with E-state index in [2.05, 4.69) is 10.6 Å². The zero-order valence-corrected chi connectivity index (χ0v) is 13.7. The van der Waals surface area contributed by atoms with Crippen molar-refractivity contribution in [2.45, 2.75) is 39.7 Å². The number of carbonyl (C=O) groups excluding carboxylic acids is 3. The number of hydrogen-bond acceptors (Lipinski definition) is 5. The van der Waals surface area contributed by atoms with Crippen LogP contribution in [0.1, 0.15) is 33.6 Å². The Labute approximate surface area is 131 Å². The van der Waals surface area contributed by atoms with Crippen LogP contribution in [-0.2, 0) is 19.1 Å². The van der Waals surface area contributed by atoms with Crippen LogP contribution in [0.3, 0.4) is 0 Å². The van der Waals surface area contributed by atoms with Gasteiger partial charge in [-0.2, -0.15) is 0 Å². The lowest BCUT2D eigenvalue weighted by molar-refractivity contribution is -0.150. The zero-order valence-electron chi connectivity index (χ0n) is 13.7. The number of piperidine rings is 1. The number of nitrogens with one attached hydrogen (secondary N) is 2. The summed E-state index contributed by atoms with van der Waals surface area (Å²) in [5.41, 5.74) is 0. The third kappa shape index (κ3) is 6.89. The smallest absolute Gasteiger partial charge is 0.310 e. The molecule has 1 aliphatic heterocycles. The third-order valence-electron chi connectivity index (χ3n) is 3.39. The molecule has 1 fully saturated rings. The maximum atomic E-state index is 11.9. The third-order valence-corrected chi connectivity index (χ3v) is 3.39. The van der Waals surface area contributed by atoms with Crippen molar-refractivity contribution in [1.82, 2.24) is 15.5 Å². The molecule has 1 heterocycles. The second-order valence-electron chi connectivity index (χ2n) is 5.83. The average molecular weight is 313 g/mol. The van der Waals surface area contributed by atoms with Gasteiger partial charge in [-0.15, -0.1) is 0 Å². The Morgan fingerprint density at radius 2 is 2.00 bits per heavy atom.